The number of aromatic nitrogens is 3. The van der Waals surface area contributed by atoms with E-state index in [2.05, 4.69) is 10.1 Å². The molecule has 5 nitrogen and oxygen atoms in total. The Hall–Kier alpha value is -1.69. The molecule has 0 atom stereocenters. The van der Waals surface area contributed by atoms with Gasteiger partial charge in [0, 0.05) is 24.3 Å². The quantitative estimate of drug-likeness (QED) is 0.843. The Morgan fingerprint density at radius 3 is 2.78 bits per heavy atom. The van der Waals surface area contributed by atoms with E-state index in [1.54, 1.807) is 34.2 Å². The van der Waals surface area contributed by atoms with Gasteiger partial charge in [-0.05, 0) is 19.4 Å². The van der Waals surface area contributed by atoms with Crippen LogP contribution in [0.15, 0.2) is 18.6 Å². The van der Waals surface area contributed by atoms with E-state index in [1.165, 1.54) is 0 Å². The monoisotopic (exact) mass is 264 g/mol. The van der Waals surface area contributed by atoms with Gasteiger partial charge in [0.15, 0.2) is 0 Å². The van der Waals surface area contributed by atoms with Gasteiger partial charge in [-0.3, -0.25) is 9.48 Å². The topological polar surface area (TPSA) is 51.0 Å². The van der Waals surface area contributed by atoms with Gasteiger partial charge < -0.3 is 4.90 Å². The van der Waals surface area contributed by atoms with Crippen LogP contribution in [0, 0.1) is 13.8 Å². The maximum absolute atomic E-state index is 12.0. The number of rotatable bonds is 4. The maximum Gasteiger partial charge on any atom is 0.244 e. The first-order chi connectivity index (χ1) is 8.54. The molecule has 0 bridgehead atoms. The fraction of sp³-hybridized carbons (Fsp3) is 0.417. The normalized spacial score (nSPS) is 10.6. The molecule has 0 saturated carbocycles. The number of thiazole rings is 1. The van der Waals surface area contributed by atoms with E-state index in [4.69, 9.17) is 0 Å². The van der Waals surface area contributed by atoms with Crippen molar-refractivity contribution in [1.29, 1.82) is 0 Å². The highest BCUT2D eigenvalue weighted by Crippen LogP contribution is 2.13. The minimum Gasteiger partial charge on any atom is -0.339 e. The Morgan fingerprint density at radius 2 is 2.22 bits per heavy atom. The van der Waals surface area contributed by atoms with Crippen LogP contribution in [-0.4, -0.2) is 32.6 Å². The summed E-state index contributed by atoms with van der Waals surface area (Å²) in [6.45, 7) is 4.80. The summed E-state index contributed by atoms with van der Waals surface area (Å²) >= 11 is 1.62. The lowest BCUT2D eigenvalue weighted by Gasteiger charge is -2.15. The van der Waals surface area contributed by atoms with Crippen LogP contribution < -0.4 is 0 Å². The zero-order chi connectivity index (χ0) is 13.1. The van der Waals surface area contributed by atoms with Crippen molar-refractivity contribution in [2.24, 2.45) is 0 Å². The largest absolute Gasteiger partial charge is 0.339 e. The van der Waals surface area contributed by atoms with E-state index in [1.807, 2.05) is 26.2 Å². The number of hydrogen-bond acceptors (Lipinski definition) is 4. The van der Waals surface area contributed by atoms with Gasteiger partial charge in [-0.1, -0.05) is 0 Å². The zero-order valence-electron chi connectivity index (χ0n) is 10.8. The molecule has 0 spiro atoms. The molecule has 0 aromatic carbocycles. The fourth-order valence-corrected chi connectivity index (χ4v) is 2.46. The summed E-state index contributed by atoms with van der Waals surface area (Å²) in [6.07, 6.45) is 5.43. The van der Waals surface area contributed by atoms with Gasteiger partial charge in [-0.2, -0.15) is 5.10 Å². The highest BCUT2D eigenvalue weighted by Gasteiger charge is 2.11. The summed E-state index contributed by atoms with van der Waals surface area (Å²) in [5, 5.41) is 5.13. The maximum atomic E-state index is 12.0. The molecule has 2 rings (SSSR count). The van der Waals surface area contributed by atoms with Crippen molar-refractivity contribution in [3.8, 4) is 0 Å². The molecule has 96 valence electrons. The van der Waals surface area contributed by atoms with Crippen molar-refractivity contribution < 1.29 is 4.79 Å². The number of carbonyl (C=O) groups is 1. The van der Waals surface area contributed by atoms with Gasteiger partial charge in [0.2, 0.25) is 5.91 Å². The van der Waals surface area contributed by atoms with Crippen molar-refractivity contribution in [2.75, 3.05) is 7.05 Å². The van der Waals surface area contributed by atoms with Crippen molar-refractivity contribution in [1.82, 2.24) is 19.7 Å². The number of likely N-dealkylation sites (N-methyl/N-ethyl adjacent to an activating group) is 1. The van der Waals surface area contributed by atoms with E-state index in [0.29, 0.717) is 6.54 Å². The summed E-state index contributed by atoms with van der Waals surface area (Å²) in [4.78, 5) is 19.0. The summed E-state index contributed by atoms with van der Waals surface area (Å²) in [6, 6.07) is 0. The number of hydrogen-bond donors (Lipinski definition) is 0. The van der Waals surface area contributed by atoms with Crippen LogP contribution in [0.5, 0.6) is 0 Å². The Labute approximate surface area is 110 Å². The van der Waals surface area contributed by atoms with Crippen molar-refractivity contribution in [2.45, 2.75) is 26.9 Å². The van der Waals surface area contributed by atoms with Gasteiger partial charge in [-0.25, -0.2) is 4.98 Å². The van der Waals surface area contributed by atoms with E-state index < -0.39 is 0 Å². The Kier molecular flexibility index (Phi) is 3.76. The minimum atomic E-state index is 0.0455. The molecule has 0 saturated heterocycles. The summed E-state index contributed by atoms with van der Waals surface area (Å²) in [5.74, 6) is 0.0455. The molecule has 0 unspecified atom stereocenters. The molecular weight excluding hydrogens is 248 g/mol. The van der Waals surface area contributed by atoms with Crippen LogP contribution in [-0.2, 0) is 17.9 Å². The second-order valence-electron chi connectivity index (χ2n) is 4.31. The molecule has 18 heavy (non-hydrogen) atoms. The highest BCUT2D eigenvalue weighted by molar-refractivity contribution is 7.11. The molecule has 0 radical (unpaired) electrons. The fourth-order valence-electron chi connectivity index (χ4n) is 1.61. The molecular formula is C12H16N4OS. The van der Waals surface area contributed by atoms with E-state index in [0.717, 1.165) is 15.4 Å². The van der Waals surface area contributed by atoms with E-state index in [9.17, 15) is 4.79 Å². The van der Waals surface area contributed by atoms with Crippen LogP contribution >= 0.6 is 11.3 Å². The number of amides is 1. The number of nitrogens with zero attached hydrogens (tertiary/aromatic N) is 4. The highest BCUT2D eigenvalue weighted by atomic mass is 32.1. The molecule has 2 aromatic rings. The van der Waals surface area contributed by atoms with Gasteiger partial charge in [0.1, 0.15) is 6.54 Å². The summed E-state index contributed by atoms with van der Waals surface area (Å²) in [7, 11) is 1.80. The van der Waals surface area contributed by atoms with Gasteiger partial charge in [0.05, 0.1) is 17.7 Å². The van der Waals surface area contributed by atoms with Crippen molar-refractivity contribution >= 4 is 17.2 Å². The standard InChI is InChI=1S/C12H16N4OS/c1-9-4-14-16(6-9)8-12(17)15(3)7-11-5-13-10(2)18-11/h4-6H,7-8H2,1-3H3. The third-order valence-corrected chi connectivity index (χ3v) is 3.45. The lowest BCUT2D eigenvalue weighted by Crippen LogP contribution is -2.29. The first-order valence-corrected chi connectivity index (χ1v) is 6.50. The zero-order valence-corrected chi connectivity index (χ0v) is 11.6. The summed E-state index contributed by atoms with van der Waals surface area (Å²) in [5.41, 5.74) is 1.06. The SMILES string of the molecule is Cc1cnn(CC(=O)N(C)Cc2cnc(C)s2)c1. The number of aryl methyl sites for hydroxylation is 2. The Bertz CT molecular complexity index is 546. The smallest absolute Gasteiger partial charge is 0.244 e. The summed E-state index contributed by atoms with van der Waals surface area (Å²) < 4.78 is 1.66. The molecule has 0 fully saturated rings. The first kappa shape index (κ1) is 12.8. The van der Waals surface area contributed by atoms with Crippen LogP contribution in [0.25, 0.3) is 0 Å². The Morgan fingerprint density at radius 1 is 1.44 bits per heavy atom. The molecule has 2 heterocycles. The number of carbonyl (C=O) groups excluding carboxylic acids is 1. The second kappa shape index (κ2) is 5.30. The molecule has 0 aliphatic carbocycles. The molecule has 0 N–H and O–H groups in total. The molecule has 2 aromatic heterocycles. The second-order valence-corrected chi connectivity index (χ2v) is 5.63. The van der Waals surface area contributed by atoms with Crippen LogP contribution in [0.1, 0.15) is 15.4 Å². The third kappa shape index (κ3) is 3.16. The molecule has 0 aliphatic heterocycles. The predicted octanol–water partition coefficient (Wildman–Crippen LogP) is 1.62. The minimum absolute atomic E-state index is 0.0455. The first-order valence-electron chi connectivity index (χ1n) is 5.69. The van der Waals surface area contributed by atoms with E-state index in [-0.39, 0.29) is 12.5 Å². The predicted molar refractivity (Wildman–Crippen MR) is 70.3 cm³/mol. The van der Waals surface area contributed by atoms with E-state index >= 15 is 0 Å². The third-order valence-electron chi connectivity index (χ3n) is 2.55. The Balaban J connectivity index is 1.92. The van der Waals surface area contributed by atoms with Crippen molar-refractivity contribution in [3.05, 3.63) is 34.0 Å². The van der Waals surface area contributed by atoms with Crippen LogP contribution in [0.2, 0.25) is 0 Å². The van der Waals surface area contributed by atoms with Gasteiger partial charge in [-0.15, -0.1) is 11.3 Å². The van der Waals surface area contributed by atoms with Gasteiger partial charge in [0.25, 0.3) is 0 Å². The van der Waals surface area contributed by atoms with Gasteiger partial charge >= 0.3 is 0 Å². The van der Waals surface area contributed by atoms with Crippen LogP contribution in [0.4, 0.5) is 0 Å². The molecule has 6 heteroatoms. The molecule has 0 aliphatic rings. The molecule has 1 amide bonds. The van der Waals surface area contributed by atoms with Crippen molar-refractivity contribution in [3.63, 3.8) is 0 Å². The van der Waals surface area contributed by atoms with Crippen LogP contribution in [0.3, 0.4) is 0 Å². The lowest BCUT2D eigenvalue weighted by atomic mass is 10.4. The lowest BCUT2D eigenvalue weighted by molar-refractivity contribution is -0.131. The average Bonchev–Trinajstić information content (AvgIpc) is 2.88. The average molecular weight is 264 g/mol.